The summed E-state index contributed by atoms with van der Waals surface area (Å²) in [6.07, 6.45) is 1.73. The zero-order valence-corrected chi connectivity index (χ0v) is 15.8. The number of anilines is 1. The van der Waals surface area contributed by atoms with Crippen LogP contribution in [0.1, 0.15) is 19.3 Å². The first-order chi connectivity index (χ1) is 12.9. The number of aromatic nitrogens is 1. The molecule has 0 aliphatic carbocycles. The predicted molar refractivity (Wildman–Crippen MR) is 102 cm³/mol. The van der Waals surface area contributed by atoms with E-state index in [2.05, 4.69) is 9.88 Å². The molecular weight excluding hydrogens is 370 g/mol. The van der Waals surface area contributed by atoms with Crippen LogP contribution >= 0.6 is 0 Å². The minimum absolute atomic E-state index is 0.0883. The molecule has 0 spiro atoms. The first-order valence-corrected chi connectivity index (χ1v) is 11.1. The Bertz CT molecular complexity index is 1000. The van der Waals surface area contributed by atoms with Gasteiger partial charge in [-0.2, -0.15) is 0 Å². The highest BCUT2D eigenvalue weighted by molar-refractivity contribution is 7.91. The maximum atomic E-state index is 12.5. The molecule has 8 nitrogen and oxygen atoms in total. The first kappa shape index (κ1) is 18.1. The van der Waals surface area contributed by atoms with E-state index < -0.39 is 15.6 Å². The van der Waals surface area contributed by atoms with Crippen LogP contribution in [0.2, 0.25) is 0 Å². The fourth-order valence-corrected chi connectivity index (χ4v) is 5.90. The van der Waals surface area contributed by atoms with E-state index in [4.69, 9.17) is 4.42 Å². The SMILES string of the molecule is O=C(CCC1CCS(=O)(=O)C1)N1CCN(c2cccc3[nH]c(=O)oc23)CC1. The molecule has 2 aliphatic heterocycles. The molecule has 0 saturated carbocycles. The summed E-state index contributed by atoms with van der Waals surface area (Å²) in [5.74, 6) is 0.213. The fraction of sp³-hybridized carbons (Fsp3) is 0.556. The van der Waals surface area contributed by atoms with Gasteiger partial charge in [0.1, 0.15) is 0 Å². The second-order valence-electron chi connectivity index (χ2n) is 7.34. The van der Waals surface area contributed by atoms with Gasteiger partial charge < -0.3 is 14.2 Å². The number of oxazole rings is 1. The van der Waals surface area contributed by atoms with Gasteiger partial charge in [0.15, 0.2) is 15.4 Å². The molecule has 3 heterocycles. The summed E-state index contributed by atoms with van der Waals surface area (Å²) in [4.78, 5) is 30.5. The zero-order valence-electron chi connectivity index (χ0n) is 15.0. The topological polar surface area (TPSA) is 104 Å². The summed E-state index contributed by atoms with van der Waals surface area (Å²) in [5, 5.41) is 0. The quantitative estimate of drug-likeness (QED) is 0.831. The molecule has 1 unspecified atom stereocenters. The van der Waals surface area contributed by atoms with Gasteiger partial charge in [0.2, 0.25) is 5.91 Å². The highest BCUT2D eigenvalue weighted by Crippen LogP contribution is 2.27. The minimum atomic E-state index is -2.89. The highest BCUT2D eigenvalue weighted by Gasteiger charge is 2.29. The van der Waals surface area contributed by atoms with Crippen molar-refractivity contribution in [2.75, 3.05) is 42.6 Å². The number of aromatic amines is 1. The molecule has 2 aromatic rings. The van der Waals surface area contributed by atoms with Crippen molar-refractivity contribution < 1.29 is 17.6 Å². The summed E-state index contributed by atoms with van der Waals surface area (Å²) in [6.45, 7) is 2.54. The molecule has 27 heavy (non-hydrogen) atoms. The molecule has 4 rings (SSSR count). The summed E-state index contributed by atoms with van der Waals surface area (Å²) >= 11 is 0. The Morgan fingerprint density at radius 3 is 2.70 bits per heavy atom. The highest BCUT2D eigenvalue weighted by atomic mass is 32.2. The van der Waals surface area contributed by atoms with Gasteiger partial charge in [-0.25, -0.2) is 13.2 Å². The smallest absolute Gasteiger partial charge is 0.406 e. The molecular formula is C18H23N3O5S. The normalized spacial score (nSPS) is 22.4. The third kappa shape index (κ3) is 3.87. The summed E-state index contributed by atoms with van der Waals surface area (Å²) < 4.78 is 28.3. The zero-order chi connectivity index (χ0) is 19.0. The number of fused-ring (bicyclic) bond motifs is 1. The number of H-pyrrole nitrogens is 1. The lowest BCUT2D eigenvalue weighted by atomic mass is 10.0. The molecule has 0 bridgehead atoms. The molecule has 2 fully saturated rings. The predicted octanol–water partition coefficient (Wildman–Crippen LogP) is 0.985. The number of amides is 1. The Kier molecular flexibility index (Phi) is 4.71. The molecule has 1 atom stereocenters. The average molecular weight is 393 g/mol. The van der Waals surface area contributed by atoms with Crippen molar-refractivity contribution in [2.45, 2.75) is 19.3 Å². The molecule has 1 N–H and O–H groups in total. The van der Waals surface area contributed by atoms with Gasteiger partial charge in [0, 0.05) is 32.6 Å². The molecule has 9 heteroatoms. The van der Waals surface area contributed by atoms with Gasteiger partial charge in [-0.1, -0.05) is 6.07 Å². The number of piperazine rings is 1. The molecule has 2 saturated heterocycles. The van der Waals surface area contributed by atoms with E-state index in [9.17, 15) is 18.0 Å². The number of nitrogens with one attached hydrogen (secondary N) is 1. The number of benzene rings is 1. The second-order valence-corrected chi connectivity index (χ2v) is 9.57. The maximum absolute atomic E-state index is 12.5. The summed E-state index contributed by atoms with van der Waals surface area (Å²) in [7, 11) is -2.89. The van der Waals surface area contributed by atoms with Crippen LogP contribution in [-0.4, -0.2) is 61.9 Å². The van der Waals surface area contributed by atoms with Crippen LogP contribution in [0.3, 0.4) is 0 Å². The second kappa shape index (κ2) is 7.03. The van der Waals surface area contributed by atoms with Crippen LogP contribution in [0, 0.1) is 5.92 Å². The number of carbonyl (C=O) groups is 1. The van der Waals surface area contributed by atoms with Crippen molar-refractivity contribution in [3.05, 3.63) is 28.7 Å². The third-order valence-corrected chi connectivity index (χ3v) is 7.33. The van der Waals surface area contributed by atoms with E-state index >= 15 is 0 Å². The monoisotopic (exact) mass is 393 g/mol. The number of rotatable bonds is 4. The minimum Gasteiger partial charge on any atom is -0.406 e. The van der Waals surface area contributed by atoms with Crippen molar-refractivity contribution in [3.63, 3.8) is 0 Å². The van der Waals surface area contributed by atoms with Crippen molar-refractivity contribution in [2.24, 2.45) is 5.92 Å². The molecule has 1 amide bonds. The van der Waals surface area contributed by atoms with E-state index in [1.165, 1.54) is 0 Å². The van der Waals surface area contributed by atoms with Crippen molar-refractivity contribution in [1.29, 1.82) is 0 Å². The number of nitrogens with zero attached hydrogens (tertiary/aromatic N) is 2. The van der Waals surface area contributed by atoms with Crippen LogP contribution in [0.25, 0.3) is 11.1 Å². The average Bonchev–Trinajstić information content (AvgIpc) is 3.20. The fourth-order valence-electron chi connectivity index (χ4n) is 3.99. The number of hydrogen-bond donors (Lipinski definition) is 1. The van der Waals surface area contributed by atoms with Crippen LogP contribution < -0.4 is 10.7 Å². The lowest BCUT2D eigenvalue weighted by Gasteiger charge is -2.36. The Balaban J connectivity index is 1.33. The molecule has 146 valence electrons. The Labute approximate surface area is 157 Å². The van der Waals surface area contributed by atoms with E-state index in [0.29, 0.717) is 56.5 Å². The lowest BCUT2D eigenvalue weighted by molar-refractivity contribution is -0.131. The Morgan fingerprint density at radius 1 is 1.22 bits per heavy atom. The van der Waals surface area contributed by atoms with Gasteiger partial charge in [-0.15, -0.1) is 0 Å². The lowest BCUT2D eigenvalue weighted by Crippen LogP contribution is -2.48. The molecule has 1 aromatic carbocycles. The van der Waals surface area contributed by atoms with E-state index in [-0.39, 0.29) is 23.3 Å². The van der Waals surface area contributed by atoms with Gasteiger partial charge in [-0.05, 0) is 30.9 Å². The molecule has 2 aliphatic rings. The van der Waals surface area contributed by atoms with E-state index in [1.54, 1.807) is 6.07 Å². The van der Waals surface area contributed by atoms with Gasteiger partial charge >= 0.3 is 5.76 Å². The van der Waals surface area contributed by atoms with Crippen molar-refractivity contribution in [3.8, 4) is 0 Å². The number of sulfone groups is 1. The van der Waals surface area contributed by atoms with Crippen LogP contribution in [0.4, 0.5) is 5.69 Å². The van der Waals surface area contributed by atoms with Gasteiger partial charge in [0.05, 0.1) is 22.7 Å². The molecule has 1 aromatic heterocycles. The summed E-state index contributed by atoms with van der Waals surface area (Å²) in [6, 6.07) is 5.58. The van der Waals surface area contributed by atoms with Gasteiger partial charge in [0.25, 0.3) is 0 Å². The number of carbonyl (C=O) groups excluding carboxylic acids is 1. The Morgan fingerprint density at radius 2 is 2.00 bits per heavy atom. The van der Waals surface area contributed by atoms with Crippen LogP contribution in [0.5, 0.6) is 0 Å². The Hall–Kier alpha value is -2.29. The van der Waals surface area contributed by atoms with Crippen LogP contribution in [0.15, 0.2) is 27.4 Å². The largest absolute Gasteiger partial charge is 0.417 e. The number of hydrogen-bond acceptors (Lipinski definition) is 6. The maximum Gasteiger partial charge on any atom is 0.417 e. The van der Waals surface area contributed by atoms with E-state index in [1.807, 2.05) is 17.0 Å². The van der Waals surface area contributed by atoms with Crippen molar-refractivity contribution >= 4 is 32.5 Å². The standard InChI is InChI=1S/C18H23N3O5S/c22-16(5-4-13-6-11-27(24,25)12-13)21-9-7-20(8-10-21)15-3-1-2-14-17(15)26-18(23)19-14/h1-3,13H,4-12H2,(H,19,23). The van der Waals surface area contributed by atoms with Crippen LogP contribution in [-0.2, 0) is 14.6 Å². The van der Waals surface area contributed by atoms with E-state index in [0.717, 1.165) is 5.69 Å². The summed E-state index contributed by atoms with van der Waals surface area (Å²) in [5.41, 5.74) is 2.07. The molecule has 0 radical (unpaired) electrons. The third-order valence-electron chi connectivity index (χ3n) is 5.49. The van der Waals surface area contributed by atoms with Crippen molar-refractivity contribution in [1.82, 2.24) is 9.88 Å². The first-order valence-electron chi connectivity index (χ1n) is 9.26. The number of para-hydroxylation sites is 1. The van der Waals surface area contributed by atoms with Gasteiger partial charge in [-0.3, -0.25) is 9.78 Å².